The molecule has 2 aromatic rings. The first-order chi connectivity index (χ1) is 9.70. The van der Waals surface area contributed by atoms with Gasteiger partial charge in [-0.25, -0.2) is 4.98 Å². The number of amides is 1. The fourth-order valence-electron chi connectivity index (χ4n) is 2.33. The van der Waals surface area contributed by atoms with Crippen LogP contribution in [0.25, 0.3) is 0 Å². The van der Waals surface area contributed by atoms with Crippen LogP contribution in [-0.2, 0) is 12.8 Å². The third-order valence-corrected chi connectivity index (χ3v) is 5.08. The Kier molecular flexibility index (Phi) is 3.55. The molecule has 2 heterocycles. The molecule has 0 spiro atoms. The molecule has 3 rings (SSSR count). The highest BCUT2D eigenvalue weighted by Gasteiger charge is 2.23. The maximum atomic E-state index is 12.2. The number of carbonyl (C=O) groups excluding carboxylic acids is 1. The van der Waals surface area contributed by atoms with Gasteiger partial charge in [0.05, 0.1) is 5.56 Å². The molecule has 6 heteroatoms. The fraction of sp³-hybridized carbons (Fsp3) is 0.214. The van der Waals surface area contributed by atoms with E-state index in [0.29, 0.717) is 20.7 Å². The maximum absolute atomic E-state index is 12.2. The third kappa shape index (κ3) is 2.23. The molecule has 1 aliphatic rings. The van der Waals surface area contributed by atoms with Crippen LogP contribution in [0.4, 0.5) is 5.00 Å². The van der Waals surface area contributed by atoms with Crippen molar-refractivity contribution >= 4 is 38.2 Å². The van der Waals surface area contributed by atoms with E-state index in [-0.39, 0.29) is 5.91 Å². The number of nitrogens with zero attached hydrogens (tertiary/aromatic N) is 2. The van der Waals surface area contributed by atoms with E-state index in [9.17, 15) is 10.1 Å². The lowest BCUT2D eigenvalue weighted by molar-refractivity contribution is 0.102. The van der Waals surface area contributed by atoms with Crippen LogP contribution in [0.2, 0.25) is 0 Å². The highest BCUT2D eigenvalue weighted by molar-refractivity contribution is 9.10. The van der Waals surface area contributed by atoms with Crippen molar-refractivity contribution in [2.24, 2.45) is 0 Å². The van der Waals surface area contributed by atoms with E-state index >= 15 is 0 Å². The summed E-state index contributed by atoms with van der Waals surface area (Å²) in [6, 6.07) is 5.73. The van der Waals surface area contributed by atoms with E-state index in [2.05, 4.69) is 32.3 Å². The molecule has 1 N–H and O–H groups in total. The van der Waals surface area contributed by atoms with Gasteiger partial charge in [0.2, 0.25) is 0 Å². The van der Waals surface area contributed by atoms with Crippen molar-refractivity contribution in [3.05, 3.63) is 44.5 Å². The van der Waals surface area contributed by atoms with Gasteiger partial charge in [0.15, 0.2) is 0 Å². The summed E-state index contributed by atoms with van der Waals surface area (Å²) < 4.78 is 0.639. The zero-order valence-corrected chi connectivity index (χ0v) is 12.8. The van der Waals surface area contributed by atoms with Crippen molar-refractivity contribution in [2.45, 2.75) is 19.3 Å². The Hall–Kier alpha value is -1.71. The molecule has 0 aromatic carbocycles. The summed E-state index contributed by atoms with van der Waals surface area (Å²) in [7, 11) is 0. The molecule has 0 saturated carbocycles. The van der Waals surface area contributed by atoms with Gasteiger partial charge < -0.3 is 5.32 Å². The van der Waals surface area contributed by atoms with E-state index in [4.69, 9.17) is 0 Å². The second-order valence-corrected chi connectivity index (χ2v) is 6.42. The van der Waals surface area contributed by atoms with Crippen LogP contribution in [0.1, 0.15) is 32.9 Å². The Morgan fingerprint density at radius 3 is 3.10 bits per heavy atom. The minimum Gasteiger partial charge on any atom is -0.311 e. The number of pyridine rings is 1. The molecule has 1 amide bonds. The Balaban J connectivity index is 1.91. The van der Waals surface area contributed by atoms with E-state index in [1.807, 2.05) is 0 Å². The number of halogens is 1. The Morgan fingerprint density at radius 2 is 2.35 bits per heavy atom. The van der Waals surface area contributed by atoms with Gasteiger partial charge in [0.1, 0.15) is 16.8 Å². The lowest BCUT2D eigenvalue weighted by Crippen LogP contribution is -2.14. The molecule has 4 nitrogen and oxygen atoms in total. The van der Waals surface area contributed by atoms with Gasteiger partial charge in [0.25, 0.3) is 5.91 Å². The van der Waals surface area contributed by atoms with Gasteiger partial charge >= 0.3 is 0 Å². The second-order valence-electron chi connectivity index (χ2n) is 4.46. The molecule has 0 atom stereocenters. The highest BCUT2D eigenvalue weighted by Crippen LogP contribution is 2.38. The predicted molar refractivity (Wildman–Crippen MR) is 80.9 cm³/mol. The monoisotopic (exact) mass is 347 g/mol. The zero-order chi connectivity index (χ0) is 14.1. The number of hydrogen-bond donors (Lipinski definition) is 1. The summed E-state index contributed by atoms with van der Waals surface area (Å²) >= 11 is 4.81. The quantitative estimate of drug-likeness (QED) is 0.903. The van der Waals surface area contributed by atoms with Crippen LogP contribution in [0.3, 0.4) is 0 Å². The van der Waals surface area contributed by atoms with Crippen molar-refractivity contribution in [1.82, 2.24) is 4.98 Å². The number of rotatable bonds is 2. The Morgan fingerprint density at radius 1 is 1.50 bits per heavy atom. The normalized spacial score (nSPS) is 12.8. The SMILES string of the molecule is N#Cc1c(NC(=O)c2ncccc2Br)sc2c1CCC2. The zero-order valence-electron chi connectivity index (χ0n) is 10.4. The molecule has 2 aromatic heterocycles. The van der Waals surface area contributed by atoms with Gasteiger partial charge in [-0.15, -0.1) is 11.3 Å². The molecule has 0 bridgehead atoms. The van der Waals surface area contributed by atoms with Crippen molar-refractivity contribution in [3.63, 3.8) is 0 Å². The molecule has 1 aliphatic carbocycles. The number of aryl methyl sites for hydroxylation is 1. The van der Waals surface area contributed by atoms with E-state index < -0.39 is 0 Å². The minimum atomic E-state index is -0.297. The summed E-state index contributed by atoms with van der Waals surface area (Å²) in [5, 5.41) is 12.7. The molecule has 100 valence electrons. The number of thiophene rings is 1. The highest BCUT2D eigenvalue weighted by atomic mass is 79.9. The minimum absolute atomic E-state index is 0.297. The summed E-state index contributed by atoms with van der Waals surface area (Å²) in [5.41, 5.74) is 2.04. The second kappa shape index (κ2) is 5.35. The summed E-state index contributed by atoms with van der Waals surface area (Å²) in [4.78, 5) is 17.5. The topological polar surface area (TPSA) is 65.8 Å². The molecular weight excluding hydrogens is 338 g/mol. The first-order valence-corrected chi connectivity index (χ1v) is 7.78. The number of carbonyl (C=O) groups is 1. The average Bonchev–Trinajstić information content (AvgIpc) is 2.99. The number of anilines is 1. The smallest absolute Gasteiger partial charge is 0.276 e. The first-order valence-electron chi connectivity index (χ1n) is 6.17. The van der Waals surface area contributed by atoms with E-state index in [0.717, 1.165) is 24.8 Å². The van der Waals surface area contributed by atoms with Crippen LogP contribution >= 0.6 is 27.3 Å². The maximum Gasteiger partial charge on any atom is 0.276 e. The molecule has 0 aliphatic heterocycles. The number of aromatic nitrogens is 1. The Bertz CT molecular complexity index is 733. The largest absolute Gasteiger partial charge is 0.311 e. The molecule has 0 fully saturated rings. The average molecular weight is 348 g/mol. The number of nitrogens with one attached hydrogen (secondary N) is 1. The van der Waals surface area contributed by atoms with Gasteiger partial charge in [-0.05, 0) is 52.9 Å². The predicted octanol–water partition coefficient (Wildman–Crippen LogP) is 3.52. The van der Waals surface area contributed by atoms with Crippen molar-refractivity contribution in [1.29, 1.82) is 5.26 Å². The van der Waals surface area contributed by atoms with Gasteiger partial charge in [0, 0.05) is 15.5 Å². The first kappa shape index (κ1) is 13.3. The molecule has 0 unspecified atom stereocenters. The van der Waals surface area contributed by atoms with Crippen molar-refractivity contribution in [2.75, 3.05) is 5.32 Å². The molecular formula is C14H10BrN3OS. The summed E-state index contributed by atoms with van der Waals surface area (Å²) in [6.45, 7) is 0. The number of fused-ring (bicyclic) bond motifs is 1. The van der Waals surface area contributed by atoms with Gasteiger partial charge in [-0.3, -0.25) is 4.79 Å². The van der Waals surface area contributed by atoms with Crippen molar-refractivity contribution in [3.8, 4) is 6.07 Å². The standard InChI is InChI=1S/C14H10BrN3OS/c15-10-4-2-6-17-12(10)13(19)18-14-9(7-16)8-3-1-5-11(8)20-14/h2,4,6H,1,3,5H2,(H,18,19). The molecule has 0 saturated heterocycles. The van der Waals surface area contributed by atoms with E-state index in [1.54, 1.807) is 18.3 Å². The van der Waals surface area contributed by atoms with Crippen LogP contribution in [0, 0.1) is 11.3 Å². The van der Waals surface area contributed by atoms with E-state index in [1.165, 1.54) is 16.2 Å². The lowest BCUT2D eigenvalue weighted by Gasteiger charge is -2.04. The van der Waals surface area contributed by atoms with Gasteiger partial charge in [-0.1, -0.05) is 0 Å². The van der Waals surface area contributed by atoms with Gasteiger partial charge in [-0.2, -0.15) is 5.26 Å². The molecule has 20 heavy (non-hydrogen) atoms. The third-order valence-electron chi connectivity index (χ3n) is 3.23. The van der Waals surface area contributed by atoms with Crippen LogP contribution in [0.5, 0.6) is 0 Å². The Labute approximate surface area is 128 Å². The number of nitriles is 1. The van der Waals surface area contributed by atoms with Crippen LogP contribution < -0.4 is 5.32 Å². The lowest BCUT2D eigenvalue weighted by atomic mass is 10.1. The fourth-order valence-corrected chi connectivity index (χ4v) is 4.00. The van der Waals surface area contributed by atoms with Crippen LogP contribution in [0.15, 0.2) is 22.8 Å². The van der Waals surface area contributed by atoms with Crippen LogP contribution in [-0.4, -0.2) is 10.9 Å². The summed E-state index contributed by atoms with van der Waals surface area (Å²) in [6.07, 6.45) is 4.59. The summed E-state index contributed by atoms with van der Waals surface area (Å²) in [5.74, 6) is -0.297. The number of hydrogen-bond acceptors (Lipinski definition) is 4. The van der Waals surface area contributed by atoms with Crippen molar-refractivity contribution < 1.29 is 4.79 Å². The molecule has 0 radical (unpaired) electrons.